The van der Waals surface area contributed by atoms with Crippen LogP contribution in [0.15, 0.2) is 24.3 Å². The van der Waals surface area contributed by atoms with Gasteiger partial charge in [0.1, 0.15) is 4.98 Å². The van der Waals surface area contributed by atoms with Crippen molar-refractivity contribution in [3.8, 4) is 0 Å². The Balaban J connectivity index is 0.00000121. The molecule has 0 radical (unpaired) electrons. The highest BCUT2D eigenvalue weighted by Gasteiger charge is 1.98. The summed E-state index contributed by atoms with van der Waals surface area (Å²) in [5, 5.41) is 8.25. The Labute approximate surface area is 77.6 Å². The normalized spacial score (nSPS) is 8.33. The van der Waals surface area contributed by atoms with E-state index < -0.39 is 0 Å². The van der Waals surface area contributed by atoms with E-state index in [-0.39, 0.29) is 12.4 Å². The summed E-state index contributed by atoms with van der Waals surface area (Å²) in [6, 6.07) is 7.67. The molecule has 0 aliphatic rings. The van der Waals surface area contributed by atoms with Crippen LogP contribution >= 0.6 is 0 Å². The average molecular weight is 184 g/mol. The molecule has 0 amide bonds. The van der Waals surface area contributed by atoms with Crippen molar-refractivity contribution in [1.82, 2.24) is 0 Å². The molecule has 1 aromatic rings. The highest BCUT2D eigenvalue weighted by Crippen LogP contribution is 2.04. The summed E-state index contributed by atoms with van der Waals surface area (Å²) in [6.45, 7) is 0.904. The lowest BCUT2D eigenvalue weighted by molar-refractivity contribution is -0.00000262. The lowest BCUT2D eigenvalue weighted by Crippen LogP contribution is -3.00. The molecule has 1 aromatic carbocycles. The van der Waals surface area contributed by atoms with E-state index in [9.17, 15) is 0 Å². The van der Waals surface area contributed by atoms with Gasteiger partial charge in [-0.2, -0.15) is 0 Å². The van der Waals surface area contributed by atoms with Crippen LogP contribution in [0.4, 0.5) is 0 Å². The highest BCUT2D eigenvalue weighted by molar-refractivity contribution is 5.22. The van der Waals surface area contributed by atoms with Gasteiger partial charge >= 0.3 is 6.54 Å². The fourth-order valence-corrected chi connectivity index (χ4v) is 0.862. The Morgan fingerprint density at radius 1 is 1.17 bits per heavy atom. The standard InChI is InChI=1S/C8H10N3.ClH/c9-5-7-1-3-8(4-2-7)6-11-10;/h1-4H,5-6,9H2;1H/q+1;/p-1. The predicted molar refractivity (Wildman–Crippen MR) is 43.1 cm³/mol. The summed E-state index contributed by atoms with van der Waals surface area (Å²) >= 11 is 0. The SMILES string of the molecule is N#[N+]Cc1ccc(CN)cc1.[Cl-]. The molecule has 0 aromatic heterocycles. The molecular weight excluding hydrogens is 174 g/mol. The molecule has 0 spiro atoms. The van der Waals surface area contributed by atoms with Crippen molar-refractivity contribution in [2.45, 2.75) is 13.1 Å². The topological polar surface area (TPSA) is 54.2 Å². The molecule has 0 bridgehead atoms. The fraction of sp³-hybridized carbons (Fsp3) is 0.250. The summed E-state index contributed by atoms with van der Waals surface area (Å²) < 4.78 is 0. The second-order valence-corrected chi connectivity index (χ2v) is 2.32. The van der Waals surface area contributed by atoms with Gasteiger partial charge < -0.3 is 18.1 Å². The van der Waals surface area contributed by atoms with Crippen LogP contribution in [-0.4, -0.2) is 0 Å². The van der Waals surface area contributed by atoms with Gasteiger partial charge in [0.05, 0.1) is 0 Å². The first-order chi connectivity index (χ1) is 5.36. The first-order valence-electron chi connectivity index (χ1n) is 3.45. The van der Waals surface area contributed by atoms with Crippen molar-refractivity contribution in [1.29, 1.82) is 5.39 Å². The molecule has 0 aliphatic heterocycles. The van der Waals surface area contributed by atoms with E-state index in [1.54, 1.807) is 0 Å². The van der Waals surface area contributed by atoms with Gasteiger partial charge in [0, 0.05) is 12.1 Å². The quantitative estimate of drug-likeness (QED) is 0.568. The summed E-state index contributed by atoms with van der Waals surface area (Å²) in [4.78, 5) is 3.03. The Hall–Kier alpha value is -1.11. The maximum absolute atomic E-state index is 8.25. The summed E-state index contributed by atoms with van der Waals surface area (Å²) in [5.74, 6) is 0. The second kappa shape index (κ2) is 5.53. The number of rotatable bonds is 2. The number of nitrogens with zero attached hydrogens (tertiary/aromatic N) is 2. The van der Waals surface area contributed by atoms with Crippen molar-refractivity contribution >= 4 is 0 Å². The largest absolute Gasteiger partial charge is 1.00 e. The van der Waals surface area contributed by atoms with Crippen molar-refractivity contribution in [2.24, 2.45) is 5.73 Å². The third-order valence-electron chi connectivity index (χ3n) is 1.51. The van der Waals surface area contributed by atoms with Crippen LogP contribution in [-0.2, 0) is 13.1 Å². The number of diazo groups is 1. The first-order valence-corrected chi connectivity index (χ1v) is 3.45. The average Bonchev–Trinajstić information content (AvgIpc) is 2.07. The van der Waals surface area contributed by atoms with E-state index in [0.717, 1.165) is 11.1 Å². The van der Waals surface area contributed by atoms with E-state index >= 15 is 0 Å². The van der Waals surface area contributed by atoms with E-state index in [0.29, 0.717) is 13.1 Å². The molecule has 0 saturated heterocycles. The van der Waals surface area contributed by atoms with Gasteiger partial charge in [-0.15, -0.1) is 0 Å². The minimum Gasteiger partial charge on any atom is -1.00 e. The molecule has 0 heterocycles. The lowest BCUT2D eigenvalue weighted by Gasteiger charge is -1.93. The molecule has 2 N–H and O–H groups in total. The fourth-order valence-electron chi connectivity index (χ4n) is 0.862. The first kappa shape index (κ1) is 10.9. The van der Waals surface area contributed by atoms with Crippen LogP contribution in [0.1, 0.15) is 11.1 Å². The van der Waals surface area contributed by atoms with Crippen LogP contribution in [0.3, 0.4) is 0 Å². The maximum atomic E-state index is 8.25. The number of benzene rings is 1. The summed E-state index contributed by atoms with van der Waals surface area (Å²) in [6.07, 6.45) is 0. The van der Waals surface area contributed by atoms with Crippen LogP contribution in [0.25, 0.3) is 4.98 Å². The van der Waals surface area contributed by atoms with Gasteiger partial charge in [0.2, 0.25) is 5.39 Å². The lowest BCUT2D eigenvalue weighted by atomic mass is 10.1. The zero-order valence-electron chi connectivity index (χ0n) is 6.57. The molecule has 1 rings (SSSR count). The third kappa shape index (κ3) is 2.87. The molecule has 0 saturated carbocycles. The Kier molecular flexibility index (Phi) is 5.02. The minimum atomic E-state index is 0. The third-order valence-corrected chi connectivity index (χ3v) is 1.51. The Morgan fingerprint density at radius 2 is 1.67 bits per heavy atom. The molecular formula is C8H10ClN3. The number of nitrogens with two attached hydrogens (primary N) is 1. The van der Waals surface area contributed by atoms with Gasteiger partial charge in [-0.3, -0.25) is 0 Å². The van der Waals surface area contributed by atoms with Gasteiger partial charge in [0.25, 0.3) is 0 Å². The van der Waals surface area contributed by atoms with Crippen molar-refractivity contribution in [3.05, 3.63) is 40.4 Å². The van der Waals surface area contributed by atoms with Crippen LogP contribution in [0.2, 0.25) is 0 Å². The summed E-state index contributed by atoms with van der Waals surface area (Å²) in [5.41, 5.74) is 7.48. The molecule has 64 valence electrons. The van der Waals surface area contributed by atoms with E-state index in [2.05, 4.69) is 4.98 Å². The molecule has 3 nitrogen and oxygen atoms in total. The zero-order chi connectivity index (χ0) is 8.10. The number of hydrogen-bond donors (Lipinski definition) is 1. The molecule has 12 heavy (non-hydrogen) atoms. The van der Waals surface area contributed by atoms with Crippen molar-refractivity contribution in [3.63, 3.8) is 0 Å². The van der Waals surface area contributed by atoms with E-state index in [4.69, 9.17) is 11.1 Å². The highest BCUT2D eigenvalue weighted by atomic mass is 35.5. The number of halogens is 1. The molecule has 0 aliphatic carbocycles. The molecule has 0 fully saturated rings. The molecule has 0 unspecified atom stereocenters. The van der Waals surface area contributed by atoms with Crippen LogP contribution < -0.4 is 18.1 Å². The van der Waals surface area contributed by atoms with Gasteiger partial charge in [0.15, 0.2) is 0 Å². The monoisotopic (exact) mass is 183 g/mol. The van der Waals surface area contributed by atoms with Gasteiger partial charge in [-0.05, 0) is 5.56 Å². The number of hydrogen-bond acceptors (Lipinski definition) is 2. The Morgan fingerprint density at radius 3 is 2.08 bits per heavy atom. The van der Waals surface area contributed by atoms with Crippen LogP contribution in [0.5, 0.6) is 0 Å². The van der Waals surface area contributed by atoms with E-state index in [1.807, 2.05) is 24.3 Å². The van der Waals surface area contributed by atoms with Crippen molar-refractivity contribution in [2.75, 3.05) is 0 Å². The van der Waals surface area contributed by atoms with Gasteiger partial charge in [-0.25, -0.2) is 0 Å². The summed E-state index contributed by atoms with van der Waals surface area (Å²) in [7, 11) is 0. The van der Waals surface area contributed by atoms with E-state index in [1.165, 1.54) is 0 Å². The Bertz CT molecular complexity index is 263. The molecule has 4 heteroatoms. The van der Waals surface area contributed by atoms with Gasteiger partial charge in [-0.1, -0.05) is 24.3 Å². The predicted octanol–water partition coefficient (Wildman–Crippen LogP) is -1.50. The maximum Gasteiger partial charge on any atom is 0.330 e. The molecule has 0 atom stereocenters. The second-order valence-electron chi connectivity index (χ2n) is 2.32. The smallest absolute Gasteiger partial charge is 0.330 e. The van der Waals surface area contributed by atoms with Crippen molar-refractivity contribution < 1.29 is 12.4 Å². The minimum absolute atomic E-state index is 0. The zero-order valence-corrected chi connectivity index (χ0v) is 7.33. The van der Waals surface area contributed by atoms with Crippen LogP contribution in [0, 0.1) is 5.39 Å².